The highest BCUT2D eigenvalue weighted by Crippen LogP contribution is 2.44. The highest BCUT2D eigenvalue weighted by Gasteiger charge is 2.29. The summed E-state index contributed by atoms with van der Waals surface area (Å²) in [5, 5.41) is 3.33. The number of amides is 1. The molecule has 1 amide bonds. The van der Waals surface area contributed by atoms with Crippen LogP contribution in [0.25, 0.3) is 11.1 Å². The third-order valence-corrected chi connectivity index (χ3v) is 8.32. The lowest BCUT2D eigenvalue weighted by molar-refractivity contribution is -0.0314. The zero-order valence-corrected chi connectivity index (χ0v) is 29.2. The Morgan fingerprint density at radius 3 is 1.49 bits per heavy atom. The zero-order valence-electron chi connectivity index (χ0n) is 29.2. The molecular formula is C37H56N2O10. The number of piperidine rings is 1. The first-order valence-corrected chi connectivity index (χ1v) is 17.7. The summed E-state index contributed by atoms with van der Waals surface area (Å²) in [6, 6.07) is 16.6. The standard InChI is InChI=1S/C37H56N2O10/c1-39(37(40)49-30-36-34-8-4-2-6-32(34)33-7-3-5-9-35(33)36)14-15-41-16-17-42-18-19-43-20-21-44-22-23-45-24-25-46-26-27-47-28-29-48-31-10-12-38-13-11-31/h2-9,31,36,38H,10-30H2,1H3. The van der Waals surface area contributed by atoms with Gasteiger partial charge in [0.1, 0.15) is 6.61 Å². The molecule has 0 aromatic heterocycles. The Bertz CT molecular complexity index is 1120. The molecule has 1 fully saturated rings. The Morgan fingerprint density at radius 2 is 1.02 bits per heavy atom. The topological polar surface area (TPSA) is 115 Å². The second-order valence-electron chi connectivity index (χ2n) is 11.8. The average molecular weight is 689 g/mol. The van der Waals surface area contributed by atoms with Crippen molar-refractivity contribution in [2.24, 2.45) is 0 Å². The number of carbonyl (C=O) groups is 1. The Hall–Kier alpha value is -2.65. The molecule has 1 aliphatic carbocycles. The first kappa shape index (κ1) is 39.1. The molecule has 0 unspecified atom stereocenters. The lowest BCUT2D eigenvalue weighted by Crippen LogP contribution is -2.33. The van der Waals surface area contributed by atoms with Crippen molar-refractivity contribution in [2.75, 3.05) is 132 Å². The van der Waals surface area contributed by atoms with Crippen molar-refractivity contribution >= 4 is 6.09 Å². The number of nitrogens with zero attached hydrogens (tertiary/aromatic N) is 1. The molecule has 49 heavy (non-hydrogen) atoms. The van der Waals surface area contributed by atoms with E-state index in [-0.39, 0.29) is 12.0 Å². The summed E-state index contributed by atoms with van der Waals surface area (Å²) in [4.78, 5) is 14.1. The molecule has 1 aliphatic heterocycles. The number of hydrogen-bond donors (Lipinski definition) is 1. The number of benzene rings is 2. The molecule has 2 aromatic rings. The van der Waals surface area contributed by atoms with Crippen LogP contribution in [0.5, 0.6) is 0 Å². The summed E-state index contributed by atoms with van der Waals surface area (Å²) >= 11 is 0. The van der Waals surface area contributed by atoms with E-state index in [1.54, 1.807) is 7.05 Å². The second kappa shape index (κ2) is 24.5. The van der Waals surface area contributed by atoms with Gasteiger partial charge in [-0.15, -0.1) is 0 Å². The SMILES string of the molecule is CN(CCOCCOCCOCCOCCOCCOCCOCCOC1CCNCC1)C(=O)OCC1c2ccccc2-c2ccccc21. The number of fused-ring (bicyclic) bond motifs is 3. The van der Waals surface area contributed by atoms with Crippen molar-refractivity contribution in [1.29, 1.82) is 0 Å². The fraction of sp³-hybridized carbons (Fsp3) is 0.649. The van der Waals surface area contributed by atoms with Crippen LogP contribution >= 0.6 is 0 Å². The van der Waals surface area contributed by atoms with Gasteiger partial charge in [0.25, 0.3) is 0 Å². The maximum Gasteiger partial charge on any atom is 0.409 e. The fourth-order valence-corrected chi connectivity index (χ4v) is 5.65. The van der Waals surface area contributed by atoms with E-state index in [2.05, 4.69) is 29.6 Å². The molecule has 2 aliphatic rings. The van der Waals surface area contributed by atoms with E-state index in [0.29, 0.717) is 118 Å². The van der Waals surface area contributed by atoms with E-state index >= 15 is 0 Å². The van der Waals surface area contributed by atoms with Crippen molar-refractivity contribution < 1.29 is 47.4 Å². The van der Waals surface area contributed by atoms with E-state index in [1.807, 2.05) is 24.3 Å². The normalized spacial score (nSPS) is 14.6. The van der Waals surface area contributed by atoms with Crippen LogP contribution in [0.3, 0.4) is 0 Å². The minimum absolute atomic E-state index is 0.0440. The highest BCUT2D eigenvalue weighted by molar-refractivity contribution is 5.79. The molecule has 0 bridgehead atoms. The number of rotatable bonds is 27. The molecule has 1 N–H and O–H groups in total. The third-order valence-electron chi connectivity index (χ3n) is 8.32. The summed E-state index contributed by atoms with van der Waals surface area (Å²) in [7, 11) is 1.72. The van der Waals surface area contributed by atoms with Gasteiger partial charge in [-0.1, -0.05) is 48.5 Å². The van der Waals surface area contributed by atoms with Crippen molar-refractivity contribution in [2.45, 2.75) is 24.9 Å². The smallest absolute Gasteiger partial charge is 0.409 e. The number of carbonyl (C=O) groups excluding carboxylic acids is 1. The predicted octanol–water partition coefficient (Wildman–Crippen LogP) is 3.75. The summed E-state index contributed by atoms with van der Waals surface area (Å²) in [6.45, 7) is 10.5. The first-order valence-electron chi connectivity index (χ1n) is 17.7. The van der Waals surface area contributed by atoms with Crippen molar-refractivity contribution in [1.82, 2.24) is 10.2 Å². The minimum atomic E-state index is -0.359. The molecule has 0 saturated carbocycles. The second-order valence-corrected chi connectivity index (χ2v) is 11.8. The van der Waals surface area contributed by atoms with Crippen LogP contribution in [0.2, 0.25) is 0 Å². The van der Waals surface area contributed by atoms with Gasteiger partial charge in [0.05, 0.1) is 105 Å². The molecule has 274 valence electrons. The van der Waals surface area contributed by atoms with Crippen molar-refractivity contribution in [3.8, 4) is 11.1 Å². The summed E-state index contributed by atoms with van der Waals surface area (Å²) in [5.74, 6) is 0.0440. The summed E-state index contributed by atoms with van der Waals surface area (Å²) in [5.41, 5.74) is 4.81. The molecule has 1 heterocycles. The van der Waals surface area contributed by atoms with E-state index < -0.39 is 0 Å². The molecule has 12 nitrogen and oxygen atoms in total. The number of hydrogen-bond acceptors (Lipinski definition) is 11. The van der Waals surface area contributed by atoms with Gasteiger partial charge < -0.3 is 52.8 Å². The summed E-state index contributed by atoms with van der Waals surface area (Å²) < 4.78 is 50.2. The molecule has 1 saturated heterocycles. The van der Waals surface area contributed by atoms with Gasteiger partial charge in [-0.25, -0.2) is 4.79 Å². The molecule has 2 aromatic carbocycles. The monoisotopic (exact) mass is 688 g/mol. The molecule has 0 atom stereocenters. The molecule has 4 rings (SSSR count). The van der Waals surface area contributed by atoms with Gasteiger partial charge in [-0.3, -0.25) is 0 Å². The average Bonchev–Trinajstić information content (AvgIpc) is 3.46. The fourth-order valence-electron chi connectivity index (χ4n) is 5.65. The lowest BCUT2D eigenvalue weighted by atomic mass is 9.98. The number of ether oxygens (including phenoxy) is 9. The largest absolute Gasteiger partial charge is 0.448 e. The predicted molar refractivity (Wildman–Crippen MR) is 185 cm³/mol. The van der Waals surface area contributed by atoms with Crippen LogP contribution in [0.15, 0.2) is 48.5 Å². The van der Waals surface area contributed by atoms with E-state index in [0.717, 1.165) is 25.9 Å². The van der Waals surface area contributed by atoms with Crippen LogP contribution in [0.4, 0.5) is 4.79 Å². The number of nitrogens with one attached hydrogen (secondary N) is 1. The van der Waals surface area contributed by atoms with Crippen LogP contribution in [-0.4, -0.2) is 149 Å². The maximum absolute atomic E-state index is 12.6. The first-order chi connectivity index (χ1) is 24.2. The van der Waals surface area contributed by atoms with Crippen LogP contribution < -0.4 is 5.32 Å². The van der Waals surface area contributed by atoms with Gasteiger partial charge in [0.15, 0.2) is 0 Å². The molecule has 0 radical (unpaired) electrons. The van der Waals surface area contributed by atoms with Gasteiger partial charge in [0.2, 0.25) is 0 Å². The van der Waals surface area contributed by atoms with Gasteiger partial charge in [0, 0.05) is 19.5 Å². The zero-order chi connectivity index (χ0) is 34.2. The van der Waals surface area contributed by atoms with E-state index in [9.17, 15) is 4.79 Å². The van der Waals surface area contributed by atoms with Crippen molar-refractivity contribution in [3.63, 3.8) is 0 Å². The Balaban J connectivity index is 0.847. The van der Waals surface area contributed by atoms with Gasteiger partial charge in [-0.2, -0.15) is 0 Å². The Labute approximate surface area is 291 Å². The third kappa shape index (κ3) is 15.0. The van der Waals surface area contributed by atoms with Crippen LogP contribution in [0, 0.1) is 0 Å². The molecule has 0 spiro atoms. The van der Waals surface area contributed by atoms with E-state index in [1.165, 1.54) is 27.2 Å². The quantitative estimate of drug-likeness (QED) is 0.139. The lowest BCUT2D eigenvalue weighted by Gasteiger charge is -2.22. The highest BCUT2D eigenvalue weighted by atomic mass is 16.6. The Morgan fingerprint density at radius 1 is 0.612 bits per heavy atom. The summed E-state index contributed by atoms with van der Waals surface area (Å²) in [6.07, 6.45) is 2.16. The van der Waals surface area contributed by atoms with Gasteiger partial charge in [-0.05, 0) is 48.2 Å². The molecular weight excluding hydrogens is 632 g/mol. The van der Waals surface area contributed by atoms with Crippen molar-refractivity contribution in [3.05, 3.63) is 59.7 Å². The molecule has 12 heteroatoms. The Kier molecular flexibility index (Phi) is 19.6. The van der Waals surface area contributed by atoms with E-state index in [4.69, 9.17) is 42.6 Å². The van der Waals surface area contributed by atoms with Crippen LogP contribution in [0.1, 0.15) is 29.9 Å². The maximum atomic E-state index is 12.6. The van der Waals surface area contributed by atoms with Gasteiger partial charge >= 0.3 is 6.09 Å². The van der Waals surface area contributed by atoms with Crippen LogP contribution in [-0.2, 0) is 42.6 Å². The number of likely N-dealkylation sites (N-methyl/N-ethyl adjacent to an activating group) is 1. The minimum Gasteiger partial charge on any atom is -0.448 e.